The third kappa shape index (κ3) is 8.33. The highest BCUT2D eigenvalue weighted by Crippen LogP contribution is 2.42. The molecule has 4 fully saturated rings. The molecule has 1 aromatic heterocycles. The van der Waals surface area contributed by atoms with Crippen LogP contribution in [0.15, 0.2) is 30.3 Å². The van der Waals surface area contributed by atoms with Gasteiger partial charge in [0.15, 0.2) is 5.75 Å². The van der Waals surface area contributed by atoms with Crippen LogP contribution in [0.4, 0.5) is 34.6 Å². The van der Waals surface area contributed by atoms with Crippen LogP contribution in [0.25, 0.3) is 14.9 Å². The summed E-state index contributed by atoms with van der Waals surface area (Å²) in [5.74, 6) is 5.77. The second-order valence-corrected chi connectivity index (χ2v) is 15.1. The van der Waals surface area contributed by atoms with Gasteiger partial charge in [0, 0.05) is 42.7 Å². The largest absolute Gasteiger partial charge is 0.424 e. The molecule has 1 saturated carbocycles. The first kappa shape index (κ1) is 35.6. The molecule has 0 radical (unpaired) electrons. The molecule has 3 saturated heterocycles. The van der Waals surface area contributed by atoms with Crippen molar-refractivity contribution in [3.8, 4) is 17.6 Å². The van der Waals surface area contributed by atoms with Gasteiger partial charge >= 0.3 is 12.9 Å². The first-order valence-corrected chi connectivity index (χ1v) is 18.6. The van der Waals surface area contributed by atoms with Crippen molar-refractivity contribution in [3.05, 3.63) is 58.0 Å². The number of rotatable bonds is 9. The Balaban J connectivity index is 1.04. The Morgan fingerprint density at radius 1 is 1.02 bits per heavy atom. The Labute approximate surface area is 300 Å². The fraction of sp³-hybridized carbons (Fsp3) is 0.553. The highest BCUT2D eigenvalue weighted by atomic mass is 32.1. The lowest BCUT2D eigenvalue weighted by atomic mass is 9.76. The van der Waals surface area contributed by atoms with Crippen LogP contribution in [0.2, 0.25) is 0 Å². The number of halogens is 4. The molecule has 0 bridgehead atoms. The van der Waals surface area contributed by atoms with Crippen molar-refractivity contribution in [1.82, 2.24) is 4.90 Å². The summed E-state index contributed by atoms with van der Waals surface area (Å²) < 4.78 is 74.0. The topological polar surface area (TPSA) is 62.6 Å². The number of fused-ring (bicyclic) bond motifs is 1. The summed E-state index contributed by atoms with van der Waals surface area (Å²) in [5, 5.41) is 7.28. The molecule has 0 atom stereocenters. The molecule has 13 heteroatoms. The lowest BCUT2D eigenvalue weighted by molar-refractivity contribution is -0.143. The number of anilines is 3. The van der Waals surface area contributed by atoms with E-state index in [0.29, 0.717) is 65.1 Å². The average molecular weight is 726 g/mol. The second kappa shape index (κ2) is 15.5. The number of benzene rings is 2. The predicted octanol–water partition coefficient (Wildman–Crippen LogP) is 7.54. The van der Waals surface area contributed by atoms with E-state index in [-0.39, 0.29) is 24.9 Å². The van der Waals surface area contributed by atoms with Crippen LogP contribution in [0.3, 0.4) is 0 Å². The molecule has 1 aliphatic carbocycles. The van der Waals surface area contributed by atoms with E-state index in [4.69, 9.17) is 20.8 Å². The molecular weight excluding hydrogens is 683 g/mol. The lowest BCUT2D eigenvalue weighted by Gasteiger charge is -2.49. The Kier molecular flexibility index (Phi) is 10.8. The first-order chi connectivity index (χ1) is 24.7. The van der Waals surface area contributed by atoms with Gasteiger partial charge in [-0.1, -0.05) is 24.0 Å². The molecule has 7 rings (SSSR count). The van der Waals surface area contributed by atoms with Gasteiger partial charge in [0.1, 0.15) is 5.82 Å². The fourth-order valence-corrected chi connectivity index (χ4v) is 8.99. The molecule has 1 spiro atoms. The van der Waals surface area contributed by atoms with Crippen LogP contribution in [0, 0.1) is 29.6 Å². The van der Waals surface area contributed by atoms with Crippen LogP contribution in [-0.4, -0.2) is 89.0 Å². The molecule has 51 heavy (non-hydrogen) atoms. The molecule has 3 aromatic rings. The summed E-state index contributed by atoms with van der Waals surface area (Å²) >= 11 is 1.28. The standard InChI is InChI=1S/C38H43F4N5O3S/c1-43-25-50-34-21-33(47-16-18-48-19-17-47)30(39)20-32(34)44-13-3-6-35-29(22-38(40,41)42)28-4-2-5-31(36(28)51-35)45-26-7-9-27(10-8-26)46-14-11-37(12-15-46)23-49-24-37/h2,4-5,20-21,26-27,44-45H,7-19,22-25H2. The number of morpholine rings is 1. The highest BCUT2D eigenvalue weighted by Gasteiger charge is 2.42. The van der Waals surface area contributed by atoms with Crippen molar-refractivity contribution < 1.29 is 31.8 Å². The predicted molar refractivity (Wildman–Crippen MR) is 192 cm³/mol. The van der Waals surface area contributed by atoms with E-state index in [1.165, 1.54) is 30.2 Å². The van der Waals surface area contributed by atoms with Crippen LogP contribution in [-0.2, 0) is 15.9 Å². The molecule has 4 heterocycles. The van der Waals surface area contributed by atoms with E-state index < -0.39 is 18.4 Å². The monoisotopic (exact) mass is 725 g/mol. The van der Waals surface area contributed by atoms with Crippen molar-refractivity contribution in [2.24, 2.45) is 5.41 Å². The maximum absolute atomic E-state index is 15.2. The Bertz CT molecular complexity index is 1790. The molecule has 8 nitrogen and oxygen atoms in total. The minimum Gasteiger partial charge on any atom is -0.424 e. The first-order valence-electron chi connectivity index (χ1n) is 17.7. The van der Waals surface area contributed by atoms with E-state index in [9.17, 15) is 13.2 Å². The van der Waals surface area contributed by atoms with E-state index >= 15 is 4.39 Å². The molecule has 4 aliphatic rings. The number of thiophene rings is 1. The van der Waals surface area contributed by atoms with E-state index in [0.717, 1.165) is 62.4 Å². The van der Waals surface area contributed by atoms with Crippen molar-refractivity contribution in [2.75, 3.05) is 81.4 Å². The quantitative estimate of drug-likeness (QED) is 0.134. The Hall–Kier alpha value is -3.75. The number of nitrogens with one attached hydrogen (secondary N) is 2. The molecule has 0 amide bonds. The van der Waals surface area contributed by atoms with Crippen LogP contribution in [0.1, 0.15) is 49.0 Å². The lowest BCUT2D eigenvalue weighted by Crippen LogP contribution is -2.53. The Morgan fingerprint density at radius 3 is 2.47 bits per heavy atom. The number of hydrogen-bond donors (Lipinski definition) is 2. The fourth-order valence-electron chi connectivity index (χ4n) is 7.82. The summed E-state index contributed by atoms with van der Waals surface area (Å²) in [6.45, 7) is 13.0. The zero-order valence-electron chi connectivity index (χ0n) is 28.5. The van der Waals surface area contributed by atoms with Gasteiger partial charge in [-0.25, -0.2) is 11.0 Å². The number of piperidine rings is 1. The number of ether oxygens (including phenoxy) is 3. The van der Waals surface area contributed by atoms with Crippen LogP contribution in [0.5, 0.6) is 5.75 Å². The summed E-state index contributed by atoms with van der Waals surface area (Å²) in [4.78, 5) is 8.13. The van der Waals surface area contributed by atoms with Gasteiger partial charge in [-0.05, 0) is 68.6 Å². The summed E-state index contributed by atoms with van der Waals surface area (Å²) in [5.41, 5.74) is 2.11. The van der Waals surface area contributed by atoms with Gasteiger partial charge in [-0.2, -0.15) is 13.2 Å². The molecule has 0 unspecified atom stereocenters. The smallest absolute Gasteiger partial charge is 0.393 e. The van der Waals surface area contributed by atoms with Crippen molar-refractivity contribution in [1.29, 1.82) is 0 Å². The SMILES string of the molecule is [C-]#[N+]COc1cc(N2CCOCC2)c(F)cc1NCC#Cc1sc2c(NC3CCC(N4CCC5(CC4)COC5)CC3)cccc2c1CC(F)(F)F. The van der Waals surface area contributed by atoms with Gasteiger partial charge in [0.25, 0.3) is 0 Å². The number of nitrogens with zero attached hydrogens (tertiary/aromatic N) is 3. The molecule has 272 valence electrons. The third-order valence-corrected chi connectivity index (χ3v) is 11.9. The molecule has 3 aliphatic heterocycles. The van der Waals surface area contributed by atoms with Crippen molar-refractivity contribution in [3.63, 3.8) is 0 Å². The van der Waals surface area contributed by atoms with Crippen LogP contribution < -0.4 is 20.3 Å². The normalized spacial score (nSPS) is 22.1. The number of hydrogen-bond acceptors (Lipinski definition) is 8. The van der Waals surface area contributed by atoms with Gasteiger partial charge < -0.3 is 34.6 Å². The number of likely N-dealkylation sites (tertiary alicyclic amines) is 1. The van der Waals surface area contributed by atoms with E-state index in [1.54, 1.807) is 12.1 Å². The highest BCUT2D eigenvalue weighted by molar-refractivity contribution is 7.20. The van der Waals surface area contributed by atoms with Crippen molar-refractivity contribution >= 4 is 38.5 Å². The van der Waals surface area contributed by atoms with E-state index in [2.05, 4.69) is 32.2 Å². The second-order valence-electron chi connectivity index (χ2n) is 14.0. The Morgan fingerprint density at radius 2 is 1.78 bits per heavy atom. The maximum Gasteiger partial charge on any atom is 0.393 e. The average Bonchev–Trinajstić information content (AvgIpc) is 3.46. The van der Waals surface area contributed by atoms with Gasteiger partial charge in [-0.15, -0.1) is 11.3 Å². The minimum absolute atomic E-state index is 0.0323. The van der Waals surface area contributed by atoms with Crippen molar-refractivity contribution in [2.45, 2.75) is 63.2 Å². The van der Waals surface area contributed by atoms with Gasteiger partial charge in [0.05, 0.1) is 66.0 Å². The molecular formula is C38H43F4N5O3S. The zero-order chi connectivity index (χ0) is 35.4. The summed E-state index contributed by atoms with van der Waals surface area (Å²) in [7, 11) is 0. The molecule has 2 N–H and O–H groups in total. The maximum atomic E-state index is 15.2. The third-order valence-electron chi connectivity index (χ3n) is 10.7. The zero-order valence-corrected chi connectivity index (χ0v) is 29.4. The van der Waals surface area contributed by atoms with Gasteiger partial charge in [-0.3, -0.25) is 4.85 Å². The van der Waals surface area contributed by atoms with Gasteiger partial charge in [0.2, 0.25) is 0 Å². The molecule has 2 aromatic carbocycles. The number of alkyl halides is 3. The summed E-state index contributed by atoms with van der Waals surface area (Å²) in [6, 6.07) is 9.21. The van der Waals surface area contributed by atoms with E-state index in [1.807, 2.05) is 17.0 Å². The summed E-state index contributed by atoms with van der Waals surface area (Å²) in [6.07, 6.45) is 1.19. The minimum atomic E-state index is -4.40. The van der Waals surface area contributed by atoms with Crippen LogP contribution >= 0.6 is 11.3 Å².